The molecule has 5 heavy (non-hydrogen) atoms. The molecule has 0 atom stereocenters. The fourth-order valence-electron chi connectivity index (χ4n) is 0.417. The molecule has 0 aromatic carbocycles. The Labute approximate surface area is 42.0 Å². The van der Waals surface area contributed by atoms with E-state index in [0.717, 1.165) is 0 Å². The summed E-state index contributed by atoms with van der Waals surface area (Å²) >= 11 is 0.0789. The van der Waals surface area contributed by atoms with Gasteiger partial charge in [-0.1, -0.05) is 0 Å². The van der Waals surface area contributed by atoms with E-state index in [1.165, 1.54) is 12.7 Å². The SMILES string of the molecule is [B]1=[SbH]=[CH]CC1. The van der Waals surface area contributed by atoms with E-state index in [1.807, 2.05) is 0 Å². The second kappa shape index (κ2) is 2.02. The van der Waals surface area contributed by atoms with Gasteiger partial charge in [-0.2, -0.15) is 0 Å². The predicted molar refractivity (Wildman–Crippen MR) is 28.4 cm³/mol. The molecule has 0 N–H and O–H groups in total. The monoisotopic (exact) mass is 174 g/mol. The third kappa shape index (κ3) is 1.09. The van der Waals surface area contributed by atoms with E-state index < -0.39 is 0 Å². The molecule has 0 aliphatic carbocycles. The van der Waals surface area contributed by atoms with Crippen molar-refractivity contribution in [3.63, 3.8) is 0 Å². The standard InChI is InChI=1S/C3H5B.Sb.H/c1-2-3-4;;/h1H,2-3H2;;. The van der Waals surface area contributed by atoms with Gasteiger partial charge in [0.05, 0.1) is 0 Å². The third-order valence-electron chi connectivity index (χ3n) is 0.691. The maximum atomic E-state index is 2.48. The molecule has 0 aromatic rings. The molecule has 0 bridgehead atoms. The van der Waals surface area contributed by atoms with Crippen LogP contribution in [0.2, 0.25) is 6.32 Å². The summed E-state index contributed by atoms with van der Waals surface area (Å²) in [7, 11) is 0. The van der Waals surface area contributed by atoms with Crippen LogP contribution in [0.1, 0.15) is 6.42 Å². The Bertz CT molecular complexity index is 72.9. The third-order valence-corrected chi connectivity index (χ3v) is 3.68. The summed E-state index contributed by atoms with van der Waals surface area (Å²) in [5.74, 6) is 0. The normalized spacial score (nSPS) is 17.6. The summed E-state index contributed by atoms with van der Waals surface area (Å²) in [5.41, 5.74) is 0. The zero-order chi connectivity index (χ0) is 3.54. The molecule has 2 heteroatoms. The molecule has 0 saturated carbocycles. The Morgan fingerprint density at radius 2 is 2.80 bits per heavy atom. The van der Waals surface area contributed by atoms with Crippen LogP contribution in [0, 0.1) is 0 Å². The summed E-state index contributed by atoms with van der Waals surface area (Å²) in [6.07, 6.45) is 2.79. The van der Waals surface area contributed by atoms with E-state index >= 15 is 0 Å². The van der Waals surface area contributed by atoms with Gasteiger partial charge in [0.2, 0.25) is 0 Å². The molecule has 1 aliphatic rings. The van der Waals surface area contributed by atoms with Crippen molar-refractivity contribution in [3.05, 3.63) is 0 Å². The molecular formula is C3H6BSb. The van der Waals surface area contributed by atoms with Crippen LogP contribution in [0.25, 0.3) is 0 Å². The molecule has 0 nitrogen and oxygen atoms in total. The Morgan fingerprint density at radius 1 is 1.80 bits per heavy atom. The molecule has 0 unspecified atom stereocenters. The minimum absolute atomic E-state index is 0.0789. The van der Waals surface area contributed by atoms with Gasteiger partial charge < -0.3 is 0 Å². The molecule has 1 aliphatic heterocycles. The van der Waals surface area contributed by atoms with Crippen molar-refractivity contribution in [2.75, 3.05) is 0 Å². The number of rotatable bonds is 0. The first-order valence-corrected chi connectivity index (χ1v) is 5.19. The summed E-state index contributed by atoms with van der Waals surface area (Å²) < 4.78 is 4.95. The van der Waals surface area contributed by atoms with Crippen LogP contribution < -0.4 is 0 Å². The van der Waals surface area contributed by atoms with Gasteiger partial charge in [-0.15, -0.1) is 0 Å². The van der Waals surface area contributed by atoms with Crippen molar-refractivity contribution in [1.29, 1.82) is 0 Å². The Morgan fingerprint density at radius 3 is 3.00 bits per heavy atom. The summed E-state index contributed by atoms with van der Waals surface area (Å²) in [5, 5.41) is 0. The van der Waals surface area contributed by atoms with Crippen molar-refractivity contribution in [2.45, 2.75) is 12.7 Å². The minimum atomic E-state index is 0.0789. The molecule has 1 heterocycles. The van der Waals surface area contributed by atoms with Crippen molar-refractivity contribution < 1.29 is 0 Å². The van der Waals surface area contributed by atoms with Gasteiger partial charge in [0.25, 0.3) is 0 Å². The molecule has 0 spiro atoms. The quantitative estimate of drug-likeness (QED) is 0.441. The van der Waals surface area contributed by atoms with E-state index in [1.54, 1.807) is 0 Å². The van der Waals surface area contributed by atoms with Gasteiger partial charge in [0.1, 0.15) is 0 Å². The average molecular weight is 175 g/mol. The van der Waals surface area contributed by atoms with Crippen LogP contribution in [0.4, 0.5) is 0 Å². The molecule has 0 fully saturated rings. The van der Waals surface area contributed by atoms with Gasteiger partial charge in [-0.05, 0) is 0 Å². The molecule has 0 saturated heterocycles. The predicted octanol–water partition coefficient (Wildman–Crippen LogP) is -0.334. The molecule has 26 valence electrons. The van der Waals surface area contributed by atoms with Crippen molar-refractivity contribution in [3.8, 4) is 0 Å². The van der Waals surface area contributed by atoms with Crippen LogP contribution in [0.5, 0.6) is 0 Å². The van der Waals surface area contributed by atoms with Crippen molar-refractivity contribution in [1.82, 2.24) is 0 Å². The maximum absolute atomic E-state index is 2.48. The topological polar surface area (TPSA) is 0 Å². The van der Waals surface area contributed by atoms with E-state index in [0.29, 0.717) is 0 Å². The summed E-state index contributed by atoms with van der Waals surface area (Å²) in [4.78, 5) is 0. The zero-order valence-electron chi connectivity index (χ0n) is 3.07. The van der Waals surface area contributed by atoms with Gasteiger partial charge in [0.15, 0.2) is 0 Å². The Hall–Kier alpha value is 0.753. The molecular weight excluding hydrogens is 169 g/mol. The first-order valence-electron chi connectivity index (χ1n) is 1.89. The van der Waals surface area contributed by atoms with Gasteiger partial charge in [-0.3, -0.25) is 0 Å². The second-order valence-corrected chi connectivity index (χ2v) is 4.43. The van der Waals surface area contributed by atoms with Crippen LogP contribution in [-0.2, 0) is 0 Å². The van der Waals surface area contributed by atoms with Crippen molar-refractivity contribution in [2.24, 2.45) is 0 Å². The van der Waals surface area contributed by atoms with Crippen LogP contribution in [0.3, 0.4) is 0 Å². The van der Waals surface area contributed by atoms with Gasteiger partial charge in [0, 0.05) is 0 Å². The fourth-order valence-corrected chi connectivity index (χ4v) is 2.80. The molecule has 1 rings (SSSR count). The van der Waals surface area contributed by atoms with Gasteiger partial charge in [-0.25, -0.2) is 0 Å². The van der Waals surface area contributed by atoms with E-state index in [9.17, 15) is 0 Å². The second-order valence-electron chi connectivity index (χ2n) is 1.15. The molecule has 0 aromatic heterocycles. The van der Waals surface area contributed by atoms with Crippen LogP contribution in [0.15, 0.2) is 0 Å². The first kappa shape index (κ1) is 3.93. The Balaban J connectivity index is 2.64. The summed E-state index contributed by atoms with van der Waals surface area (Å²) in [6, 6.07) is 0. The van der Waals surface area contributed by atoms with Crippen molar-refractivity contribution >= 4 is 29.0 Å². The molecule has 0 radical (unpaired) electrons. The number of hydrogen-bond donors (Lipinski definition) is 0. The first-order chi connectivity index (χ1) is 2.50. The summed E-state index contributed by atoms with van der Waals surface area (Å²) in [6.45, 7) is 0. The molecule has 0 amide bonds. The Kier molecular flexibility index (Phi) is 1.59. The van der Waals surface area contributed by atoms with Gasteiger partial charge >= 0.3 is 41.8 Å². The number of hydrogen-bond acceptors (Lipinski definition) is 0. The fraction of sp³-hybridized carbons (Fsp3) is 0.667. The van der Waals surface area contributed by atoms with Crippen LogP contribution in [-0.4, -0.2) is 29.0 Å². The van der Waals surface area contributed by atoms with Crippen LogP contribution >= 0.6 is 0 Å². The van der Waals surface area contributed by atoms with E-state index in [-0.39, 0.29) is 20.4 Å². The van der Waals surface area contributed by atoms with E-state index in [2.05, 4.69) is 8.58 Å². The van der Waals surface area contributed by atoms with E-state index in [4.69, 9.17) is 0 Å². The average Bonchev–Trinajstić information content (AvgIpc) is 1.76. The zero-order valence-corrected chi connectivity index (χ0v) is 5.92.